The van der Waals surface area contributed by atoms with Crippen LogP contribution in [0.4, 0.5) is 11.6 Å². The first-order chi connectivity index (χ1) is 13.7. The summed E-state index contributed by atoms with van der Waals surface area (Å²) in [6.45, 7) is 0.716. The number of hydrogen-bond acceptors (Lipinski definition) is 6. The number of aromatic nitrogens is 2. The Labute approximate surface area is 163 Å². The van der Waals surface area contributed by atoms with Gasteiger partial charge in [-0.15, -0.1) is 10.2 Å². The lowest BCUT2D eigenvalue weighted by molar-refractivity contribution is 0.102. The molecule has 0 atom stereocenters. The highest BCUT2D eigenvalue weighted by Gasteiger charge is 2.12. The van der Waals surface area contributed by atoms with Gasteiger partial charge < -0.3 is 20.1 Å². The van der Waals surface area contributed by atoms with Gasteiger partial charge in [-0.2, -0.15) is 0 Å². The number of ether oxygens (including phenoxy) is 2. The van der Waals surface area contributed by atoms with Gasteiger partial charge in [0, 0.05) is 6.54 Å². The minimum Gasteiger partial charge on any atom is -0.497 e. The van der Waals surface area contributed by atoms with Crippen LogP contribution in [-0.4, -0.2) is 36.9 Å². The predicted molar refractivity (Wildman–Crippen MR) is 108 cm³/mol. The summed E-state index contributed by atoms with van der Waals surface area (Å²) in [6.07, 6.45) is 0.845. The van der Waals surface area contributed by atoms with E-state index >= 15 is 0 Å². The summed E-state index contributed by atoms with van der Waals surface area (Å²) in [5, 5.41) is 14.1. The van der Waals surface area contributed by atoms with E-state index in [0.29, 0.717) is 29.5 Å². The van der Waals surface area contributed by atoms with Gasteiger partial charge in [-0.1, -0.05) is 24.3 Å². The number of carbonyl (C=O) groups excluding carboxylic acids is 1. The van der Waals surface area contributed by atoms with Crippen molar-refractivity contribution in [1.29, 1.82) is 0 Å². The monoisotopic (exact) mass is 378 g/mol. The molecule has 0 unspecified atom stereocenters. The van der Waals surface area contributed by atoms with E-state index in [1.54, 1.807) is 37.4 Å². The average molecular weight is 378 g/mol. The van der Waals surface area contributed by atoms with Crippen LogP contribution in [0.1, 0.15) is 15.9 Å². The van der Waals surface area contributed by atoms with E-state index in [-0.39, 0.29) is 5.91 Å². The van der Waals surface area contributed by atoms with Crippen LogP contribution >= 0.6 is 0 Å². The third-order valence-corrected chi connectivity index (χ3v) is 4.14. The molecule has 3 aromatic rings. The Bertz CT molecular complexity index is 912. The van der Waals surface area contributed by atoms with Crippen molar-refractivity contribution < 1.29 is 14.3 Å². The molecule has 1 amide bonds. The number of amides is 1. The Kier molecular flexibility index (Phi) is 6.41. The molecule has 2 N–H and O–H groups in total. The van der Waals surface area contributed by atoms with Gasteiger partial charge >= 0.3 is 0 Å². The molecule has 0 fully saturated rings. The zero-order valence-corrected chi connectivity index (χ0v) is 15.8. The topological polar surface area (TPSA) is 85.4 Å². The smallest absolute Gasteiger partial charge is 0.260 e. The van der Waals surface area contributed by atoms with Crippen LogP contribution in [0, 0.1) is 0 Å². The second kappa shape index (κ2) is 9.36. The Morgan fingerprint density at radius 3 is 2.29 bits per heavy atom. The molecule has 144 valence electrons. The van der Waals surface area contributed by atoms with Crippen molar-refractivity contribution in [3.8, 4) is 11.5 Å². The van der Waals surface area contributed by atoms with E-state index in [9.17, 15) is 4.79 Å². The van der Waals surface area contributed by atoms with E-state index in [1.165, 1.54) is 12.7 Å². The minimum absolute atomic E-state index is 0.299. The van der Waals surface area contributed by atoms with Crippen LogP contribution in [-0.2, 0) is 6.42 Å². The van der Waals surface area contributed by atoms with Crippen molar-refractivity contribution in [3.63, 3.8) is 0 Å². The van der Waals surface area contributed by atoms with Crippen LogP contribution in [0.15, 0.2) is 60.7 Å². The molecular formula is C21H22N4O3. The second-order valence-electron chi connectivity index (χ2n) is 5.98. The van der Waals surface area contributed by atoms with Gasteiger partial charge in [0.1, 0.15) is 17.3 Å². The predicted octanol–water partition coefficient (Wildman–Crippen LogP) is 3.40. The molecule has 0 aliphatic heterocycles. The lowest BCUT2D eigenvalue weighted by atomic mass is 10.1. The number of nitrogens with zero attached hydrogens (tertiary/aromatic N) is 2. The molecule has 0 bridgehead atoms. The molecule has 3 rings (SSSR count). The quantitative estimate of drug-likeness (QED) is 0.625. The number of hydrogen-bond donors (Lipinski definition) is 2. The fourth-order valence-corrected chi connectivity index (χ4v) is 2.64. The maximum absolute atomic E-state index is 12.4. The van der Waals surface area contributed by atoms with Crippen molar-refractivity contribution in [2.75, 3.05) is 31.4 Å². The Balaban J connectivity index is 1.52. The SMILES string of the molecule is COc1ccc(CCNc2ccc(NC(=O)c3ccccc3OC)nn2)cc1. The van der Waals surface area contributed by atoms with Gasteiger partial charge in [-0.3, -0.25) is 4.79 Å². The number of benzene rings is 2. The first kappa shape index (κ1) is 19.2. The fraction of sp³-hybridized carbons (Fsp3) is 0.190. The van der Waals surface area contributed by atoms with Crippen molar-refractivity contribution in [2.24, 2.45) is 0 Å². The number of carbonyl (C=O) groups is 1. The molecule has 0 radical (unpaired) electrons. The average Bonchev–Trinajstić information content (AvgIpc) is 2.75. The fourth-order valence-electron chi connectivity index (χ4n) is 2.64. The highest BCUT2D eigenvalue weighted by molar-refractivity contribution is 6.05. The molecule has 28 heavy (non-hydrogen) atoms. The number of para-hydroxylation sites is 1. The number of rotatable bonds is 8. The number of methoxy groups -OCH3 is 2. The maximum Gasteiger partial charge on any atom is 0.260 e. The summed E-state index contributed by atoms with van der Waals surface area (Å²) in [5.41, 5.74) is 1.63. The molecule has 0 saturated carbocycles. The summed E-state index contributed by atoms with van der Waals surface area (Å²) >= 11 is 0. The van der Waals surface area contributed by atoms with E-state index in [2.05, 4.69) is 20.8 Å². The van der Waals surface area contributed by atoms with E-state index in [4.69, 9.17) is 9.47 Å². The summed E-state index contributed by atoms with van der Waals surface area (Å²) in [7, 11) is 3.18. The van der Waals surface area contributed by atoms with Gasteiger partial charge in [0.05, 0.1) is 19.8 Å². The van der Waals surface area contributed by atoms with Crippen molar-refractivity contribution >= 4 is 17.5 Å². The van der Waals surface area contributed by atoms with Gasteiger partial charge in [0.2, 0.25) is 0 Å². The molecule has 0 spiro atoms. The maximum atomic E-state index is 12.4. The molecule has 0 aliphatic rings. The Morgan fingerprint density at radius 2 is 1.61 bits per heavy atom. The highest BCUT2D eigenvalue weighted by atomic mass is 16.5. The first-order valence-electron chi connectivity index (χ1n) is 8.84. The number of anilines is 2. The zero-order valence-electron chi connectivity index (χ0n) is 15.8. The molecular weight excluding hydrogens is 356 g/mol. The van der Waals surface area contributed by atoms with Gasteiger partial charge in [-0.05, 0) is 48.4 Å². The highest BCUT2D eigenvalue weighted by Crippen LogP contribution is 2.18. The summed E-state index contributed by atoms with van der Waals surface area (Å²) in [4.78, 5) is 12.4. The van der Waals surface area contributed by atoms with Crippen LogP contribution in [0.3, 0.4) is 0 Å². The van der Waals surface area contributed by atoms with Crippen LogP contribution in [0.5, 0.6) is 11.5 Å². The standard InChI is InChI=1S/C21H22N4O3/c1-27-16-9-7-15(8-10-16)13-14-22-19-11-12-20(25-24-19)23-21(26)17-5-3-4-6-18(17)28-2/h3-12H,13-14H2,1-2H3,(H,22,24)(H,23,25,26). The van der Waals surface area contributed by atoms with Gasteiger partial charge in [0.25, 0.3) is 5.91 Å². The van der Waals surface area contributed by atoms with Crippen LogP contribution in [0.2, 0.25) is 0 Å². The summed E-state index contributed by atoms with van der Waals surface area (Å²) in [6, 6.07) is 18.4. The molecule has 1 heterocycles. The molecule has 1 aromatic heterocycles. The molecule has 7 nitrogen and oxygen atoms in total. The Morgan fingerprint density at radius 1 is 0.893 bits per heavy atom. The third-order valence-electron chi connectivity index (χ3n) is 4.14. The minimum atomic E-state index is -0.299. The normalized spacial score (nSPS) is 10.2. The van der Waals surface area contributed by atoms with E-state index < -0.39 is 0 Å². The first-order valence-corrected chi connectivity index (χ1v) is 8.84. The van der Waals surface area contributed by atoms with Crippen molar-refractivity contribution in [2.45, 2.75) is 6.42 Å². The molecule has 0 aliphatic carbocycles. The summed E-state index contributed by atoms with van der Waals surface area (Å²) in [5.74, 6) is 2.06. The van der Waals surface area contributed by atoms with Crippen molar-refractivity contribution in [1.82, 2.24) is 10.2 Å². The number of nitrogens with one attached hydrogen (secondary N) is 2. The molecule has 2 aromatic carbocycles. The third kappa shape index (κ3) is 4.97. The molecule has 0 saturated heterocycles. The van der Waals surface area contributed by atoms with Gasteiger partial charge in [-0.25, -0.2) is 0 Å². The van der Waals surface area contributed by atoms with Crippen molar-refractivity contribution in [3.05, 3.63) is 71.8 Å². The van der Waals surface area contributed by atoms with Crippen LogP contribution in [0.25, 0.3) is 0 Å². The zero-order chi connectivity index (χ0) is 19.8. The van der Waals surface area contributed by atoms with Crippen LogP contribution < -0.4 is 20.1 Å². The lowest BCUT2D eigenvalue weighted by Crippen LogP contribution is -2.15. The second-order valence-corrected chi connectivity index (χ2v) is 5.98. The lowest BCUT2D eigenvalue weighted by Gasteiger charge is -2.09. The Hall–Kier alpha value is -3.61. The van der Waals surface area contributed by atoms with E-state index in [0.717, 1.165) is 12.2 Å². The summed E-state index contributed by atoms with van der Waals surface area (Å²) < 4.78 is 10.4. The van der Waals surface area contributed by atoms with Gasteiger partial charge in [0.15, 0.2) is 5.82 Å². The largest absolute Gasteiger partial charge is 0.497 e. The van der Waals surface area contributed by atoms with E-state index in [1.807, 2.05) is 30.3 Å². The molecule has 7 heteroatoms.